The number of amides is 1. The molecule has 0 fully saturated rings. The van der Waals surface area contributed by atoms with Gasteiger partial charge in [0.05, 0.1) is 17.6 Å². The van der Waals surface area contributed by atoms with Crippen molar-refractivity contribution in [1.29, 1.82) is 5.26 Å². The number of carbonyl (C=O) groups is 1. The summed E-state index contributed by atoms with van der Waals surface area (Å²) in [5.74, 6) is -0.572. The third-order valence-electron chi connectivity index (χ3n) is 5.83. The molecular weight excluding hydrogens is 470 g/mol. The molecule has 0 bridgehead atoms. The molecule has 0 saturated carbocycles. The van der Waals surface area contributed by atoms with E-state index >= 15 is 0 Å². The number of allylic oxidation sites excluding steroid dienone is 3. The summed E-state index contributed by atoms with van der Waals surface area (Å²) in [5, 5.41) is 13.7. The van der Waals surface area contributed by atoms with E-state index in [2.05, 4.69) is 20.9 Å². The van der Waals surface area contributed by atoms with Crippen molar-refractivity contribution < 1.29 is 22.5 Å². The number of primary amides is 1. The lowest BCUT2D eigenvalue weighted by molar-refractivity contribution is -0.115. The Hall–Kier alpha value is -3.49. The number of hydrogen-bond acceptors (Lipinski definition) is 8. The van der Waals surface area contributed by atoms with Gasteiger partial charge in [-0.05, 0) is 56.7 Å². The summed E-state index contributed by atoms with van der Waals surface area (Å²) in [7, 11) is -3.85. The van der Waals surface area contributed by atoms with Gasteiger partial charge < -0.3 is 15.0 Å². The van der Waals surface area contributed by atoms with Crippen LogP contribution in [0.4, 0.5) is 0 Å². The van der Waals surface area contributed by atoms with Crippen LogP contribution in [0.5, 0.6) is 0 Å². The van der Waals surface area contributed by atoms with Crippen molar-refractivity contribution in [3.05, 3.63) is 58.7 Å². The van der Waals surface area contributed by atoms with Gasteiger partial charge in [0.1, 0.15) is 17.6 Å². The van der Waals surface area contributed by atoms with E-state index in [-0.39, 0.29) is 12.0 Å². The average molecular weight is 498 g/mol. The maximum Gasteiger partial charge on any atom is 0.234 e. The van der Waals surface area contributed by atoms with Crippen LogP contribution in [0.25, 0.3) is 11.4 Å². The fourth-order valence-corrected chi connectivity index (χ4v) is 5.58. The van der Waals surface area contributed by atoms with E-state index < -0.39 is 27.7 Å². The molecule has 35 heavy (non-hydrogen) atoms. The highest BCUT2D eigenvalue weighted by atomic mass is 32.2. The molecule has 2 aliphatic rings. The summed E-state index contributed by atoms with van der Waals surface area (Å²) >= 11 is 0. The number of nitrogens with one attached hydrogen (secondary N) is 1. The van der Waals surface area contributed by atoms with Gasteiger partial charge in [-0.25, -0.2) is 13.1 Å². The largest absolute Gasteiger partial charge is 0.490 e. The van der Waals surface area contributed by atoms with Gasteiger partial charge in [-0.3, -0.25) is 4.79 Å². The summed E-state index contributed by atoms with van der Waals surface area (Å²) in [4.78, 5) is 15.7. The van der Waals surface area contributed by atoms with Crippen LogP contribution in [0.1, 0.15) is 62.1 Å². The Morgan fingerprint density at radius 1 is 1.40 bits per heavy atom. The van der Waals surface area contributed by atoms with Crippen molar-refractivity contribution in [3.8, 4) is 17.5 Å². The first-order valence-electron chi connectivity index (χ1n) is 11.4. The highest BCUT2D eigenvalue weighted by Gasteiger charge is 2.29. The molecule has 0 aliphatic heterocycles. The molecule has 1 heterocycles. The average Bonchev–Trinajstić information content (AvgIpc) is 3.28. The lowest BCUT2D eigenvalue weighted by Crippen LogP contribution is -2.37. The predicted molar refractivity (Wildman–Crippen MR) is 127 cm³/mol. The minimum absolute atomic E-state index is 0.0436. The topological polar surface area (TPSA) is 161 Å². The van der Waals surface area contributed by atoms with E-state index in [9.17, 15) is 18.5 Å². The van der Waals surface area contributed by atoms with Gasteiger partial charge in [0.2, 0.25) is 27.6 Å². The van der Waals surface area contributed by atoms with E-state index in [0.717, 1.165) is 29.5 Å². The van der Waals surface area contributed by atoms with Crippen LogP contribution in [0, 0.1) is 11.3 Å². The Labute approximate surface area is 203 Å². The van der Waals surface area contributed by atoms with E-state index in [1.807, 2.05) is 38.1 Å². The third-order valence-corrected chi connectivity index (χ3v) is 7.14. The summed E-state index contributed by atoms with van der Waals surface area (Å²) in [6.45, 7) is 3.81. The molecule has 1 aromatic heterocycles. The zero-order valence-electron chi connectivity index (χ0n) is 19.5. The van der Waals surface area contributed by atoms with Crippen LogP contribution in [0.3, 0.4) is 0 Å². The molecular formula is C24H27N5O5S. The maximum absolute atomic E-state index is 12.3. The fourth-order valence-electron chi connectivity index (χ4n) is 4.45. The van der Waals surface area contributed by atoms with Crippen molar-refractivity contribution in [3.63, 3.8) is 0 Å². The summed E-state index contributed by atoms with van der Waals surface area (Å²) in [5.41, 5.74) is 8.01. The zero-order chi connectivity index (χ0) is 25.2. The number of nitriles is 1. The zero-order valence-corrected chi connectivity index (χ0v) is 20.3. The first-order valence-corrected chi connectivity index (χ1v) is 13.0. The summed E-state index contributed by atoms with van der Waals surface area (Å²) in [6, 6.07) is 7.25. The van der Waals surface area contributed by atoms with Gasteiger partial charge >= 0.3 is 0 Å². The standard InChI is InChI=1S/C24H27N5O5S/c1-14(2)33-21-10-9-15(11-16(21)12-25)24-27-23(28-34-24)19-7-3-6-18-17(19)5-4-8-20(18)29-35(31,32)13-22(26)30/h3,6-7,10-11,14-15,20,29H,4-5,8-9,13H2,1-2H3,(H2,26,30). The van der Waals surface area contributed by atoms with Crippen molar-refractivity contribution in [2.45, 2.75) is 57.6 Å². The number of hydrogen-bond donors (Lipinski definition) is 2. The van der Waals surface area contributed by atoms with Crippen molar-refractivity contribution in [2.24, 2.45) is 5.73 Å². The molecule has 4 rings (SSSR count). The first kappa shape index (κ1) is 24.6. The minimum atomic E-state index is -3.85. The van der Waals surface area contributed by atoms with E-state index in [1.165, 1.54) is 0 Å². The normalized spacial score (nSPS) is 19.9. The fraction of sp³-hybridized carbons (Fsp3) is 0.417. The van der Waals surface area contributed by atoms with Crippen LogP contribution < -0.4 is 10.5 Å². The SMILES string of the molecule is CC(C)OC1=CCC(c2nc(-c3cccc4c3CCCC4NS(=O)(=O)CC(N)=O)no2)C=C1C#N. The molecule has 0 radical (unpaired) electrons. The van der Waals surface area contributed by atoms with E-state index in [0.29, 0.717) is 35.9 Å². The molecule has 1 amide bonds. The molecule has 0 spiro atoms. The number of benzene rings is 1. The van der Waals surface area contributed by atoms with Crippen LogP contribution in [-0.4, -0.2) is 36.3 Å². The van der Waals surface area contributed by atoms with E-state index in [4.69, 9.17) is 15.0 Å². The molecule has 2 atom stereocenters. The molecule has 0 saturated heterocycles. The number of ether oxygens (including phenoxy) is 1. The van der Waals surface area contributed by atoms with Crippen molar-refractivity contribution in [2.75, 3.05) is 5.75 Å². The molecule has 2 aromatic rings. The minimum Gasteiger partial charge on any atom is -0.490 e. The maximum atomic E-state index is 12.3. The Bertz CT molecular complexity index is 1340. The molecule has 11 heteroatoms. The lowest BCUT2D eigenvalue weighted by Gasteiger charge is -2.27. The second kappa shape index (κ2) is 10.0. The van der Waals surface area contributed by atoms with Crippen LogP contribution in [-0.2, 0) is 26.0 Å². The number of carbonyl (C=O) groups excluding carboxylic acids is 1. The second-order valence-electron chi connectivity index (χ2n) is 8.89. The number of sulfonamides is 1. The lowest BCUT2D eigenvalue weighted by atomic mass is 9.85. The number of rotatable bonds is 8. The molecule has 10 nitrogen and oxygen atoms in total. The number of aromatic nitrogens is 2. The molecule has 184 valence electrons. The Balaban J connectivity index is 1.59. The van der Waals surface area contributed by atoms with Gasteiger partial charge in [-0.2, -0.15) is 10.2 Å². The Kier molecular flexibility index (Phi) is 7.05. The van der Waals surface area contributed by atoms with Gasteiger partial charge in [-0.15, -0.1) is 0 Å². The number of fused-ring (bicyclic) bond motifs is 1. The first-order chi connectivity index (χ1) is 16.7. The monoisotopic (exact) mass is 497 g/mol. The van der Waals surface area contributed by atoms with Crippen LogP contribution >= 0.6 is 0 Å². The molecule has 1 aromatic carbocycles. The highest BCUT2D eigenvalue weighted by molar-refractivity contribution is 7.90. The number of nitrogens with two attached hydrogens (primary N) is 1. The van der Waals surface area contributed by atoms with Gasteiger partial charge in [0.15, 0.2) is 0 Å². The Morgan fingerprint density at radius 2 is 2.20 bits per heavy atom. The number of nitrogens with zero attached hydrogens (tertiary/aromatic N) is 3. The molecule has 2 aliphatic carbocycles. The summed E-state index contributed by atoms with van der Waals surface area (Å²) < 4.78 is 38.5. The van der Waals surface area contributed by atoms with Crippen LogP contribution in [0.2, 0.25) is 0 Å². The third kappa shape index (κ3) is 5.61. The van der Waals surface area contributed by atoms with Gasteiger partial charge in [-0.1, -0.05) is 29.4 Å². The van der Waals surface area contributed by atoms with Gasteiger partial charge in [0, 0.05) is 11.6 Å². The van der Waals surface area contributed by atoms with Crippen molar-refractivity contribution >= 4 is 15.9 Å². The van der Waals surface area contributed by atoms with Gasteiger partial charge in [0.25, 0.3) is 0 Å². The molecule has 2 unspecified atom stereocenters. The Morgan fingerprint density at radius 3 is 2.91 bits per heavy atom. The van der Waals surface area contributed by atoms with Crippen LogP contribution in [0.15, 0.2) is 46.2 Å². The van der Waals surface area contributed by atoms with E-state index in [1.54, 1.807) is 6.08 Å². The van der Waals surface area contributed by atoms with Crippen molar-refractivity contribution in [1.82, 2.24) is 14.9 Å². The quantitative estimate of drug-likeness (QED) is 0.563. The smallest absolute Gasteiger partial charge is 0.234 e. The molecule has 3 N–H and O–H groups in total. The second-order valence-corrected chi connectivity index (χ2v) is 10.6. The highest BCUT2D eigenvalue weighted by Crippen LogP contribution is 2.37. The summed E-state index contributed by atoms with van der Waals surface area (Å²) in [6.07, 6.45) is 6.23. The predicted octanol–water partition coefficient (Wildman–Crippen LogP) is 2.76.